The maximum absolute atomic E-state index is 12.7. The highest BCUT2D eigenvalue weighted by atomic mass is 16.2. The minimum Gasteiger partial charge on any atom is -0.325 e. The molecule has 0 aromatic heterocycles. The van der Waals surface area contributed by atoms with Gasteiger partial charge in [-0.25, -0.2) is 0 Å². The fourth-order valence-corrected chi connectivity index (χ4v) is 4.88. The summed E-state index contributed by atoms with van der Waals surface area (Å²) < 4.78 is 0. The van der Waals surface area contributed by atoms with Gasteiger partial charge in [-0.1, -0.05) is 20.3 Å². The highest BCUT2D eigenvalue weighted by molar-refractivity contribution is 5.91. The van der Waals surface area contributed by atoms with Gasteiger partial charge in [-0.15, -0.1) is 0 Å². The number of carbonyl (C=O) groups is 1. The summed E-state index contributed by atoms with van der Waals surface area (Å²) in [5.74, 6) is 3.62. The lowest BCUT2D eigenvalue weighted by Gasteiger charge is -2.32. The Morgan fingerprint density at radius 2 is 2.11 bits per heavy atom. The number of amides is 1. The zero-order valence-corrected chi connectivity index (χ0v) is 12.2. The summed E-state index contributed by atoms with van der Waals surface area (Å²) in [7, 11) is 0. The molecule has 3 heteroatoms. The van der Waals surface area contributed by atoms with Crippen molar-refractivity contribution in [2.45, 2.75) is 64.1 Å². The van der Waals surface area contributed by atoms with Crippen molar-refractivity contribution >= 4 is 5.91 Å². The highest BCUT2D eigenvalue weighted by Crippen LogP contribution is 2.50. The SMILES string of the molecule is CC(C)C1NC2(CC2)C(=O)N1CC1CC2CCC1C2. The lowest BCUT2D eigenvalue weighted by atomic mass is 9.88. The van der Waals surface area contributed by atoms with E-state index in [-0.39, 0.29) is 11.7 Å². The van der Waals surface area contributed by atoms with Crippen molar-refractivity contribution < 1.29 is 4.79 Å². The smallest absolute Gasteiger partial charge is 0.244 e. The van der Waals surface area contributed by atoms with Crippen LogP contribution in [0.1, 0.15) is 52.4 Å². The van der Waals surface area contributed by atoms with Crippen LogP contribution in [0.2, 0.25) is 0 Å². The molecule has 4 unspecified atom stereocenters. The molecule has 19 heavy (non-hydrogen) atoms. The molecule has 4 fully saturated rings. The van der Waals surface area contributed by atoms with E-state index in [0.717, 1.165) is 37.1 Å². The Morgan fingerprint density at radius 3 is 2.63 bits per heavy atom. The van der Waals surface area contributed by atoms with Crippen LogP contribution in [0.5, 0.6) is 0 Å². The summed E-state index contributed by atoms with van der Waals surface area (Å²) in [6.07, 6.45) is 8.09. The Hall–Kier alpha value is -0.570. The largest absolute Gasteiger partial charge is 0.325 e. The Balaban J connectivity index is 1.50. The third kappa shape index (κ3) is 1.77. The zero-order chi connectivity index (χ0) is 13.2. The summed E-state index contributed by atoms with van der Waals surface area (Å²) in [6.45, 7) is 5.50. The number of nitrogens with zero attached hydrogens (tertiary/aromatic N) is 1. The molecular weight excluding hydrogens is 236 g/mol. The van der Waals surface area contributed by atoms with Crippen molar-refractivity contribution in [3.8, 4) is 0 Å². The normalized spacial score (nSPS) is 42.9. The van der Waals surface area contributed by atoms with Crippen molar-refractivity contribution in [1.29, 1.82) is 0 Å². The Kier molecular flexibility index (Phi) is 2.55. The lowest BCUT2D eigenvalue weighted by Crippen LogP contribution is -2.44. The Labute approximate surface area is 116 Å². The quantitative estimate of drug-likeness (QED) is 0.847. The standard InChI is InChI=1S/C16H26N2O/c1-10(2)14-17-16(5-6-16)15(19)18(14)9-13-8-11-3-4-12(13)7-11/h10-14,17H,3-9H2,1-2H3. The molecule has 3 saturated carbocycles. The van der Waals surface area contributed by atoms with Gasteiger partial charge in [0.2, 0.25) is 5.91 Å². The first-order chi connectivity index (χ1) is 9.09. The number of rotatable bonds is 3. The van der Waals surface area contributed by atoms with E-state index >= 15 is 0 Å². The van der Waals surface area contributed by atoms with E-state index in [9.17, 15) is 4.79 Å². The third-order valence-corrected chi connectivity index (χ3v) is 6.13. The van der Waals surface area contributed by atoms with Gasteiger partial charge in [0.1, 0.15) is 0 Å². The maximum Gasteiger partial charge on any atom is 0.244 e. The van der Waals surface area contributed by atoms with Crippen molar-refractivity contribution in [2.24, 2.45) is 23.7 Å². The fourth-order valence-electron chi connectivity index (χ4n) is 4.88. The van der Waals surface area contributed by atoms with E-state index in [0.29, 0.717) is 11.8 Å². The second-order valence-corrected chi connectivity index (χ2v) is 7.81. The molecule has 0 aromatic rings. The molecule has 0 radical (unpaired) electrons. The number of hydrogen-bond donors (Lipinski definition) is 1. The molecule has 4 aliphatic rings. The van der Waals surface area contributed by atoms with Crippen LogP contribution >= 0.6 is 0 Å². The first kappa shape index (κ1) is 12.2. The van der Waals surface area contributed by atoms with Crippen LogP contribution in [0.4, 0.5) is 0 Å². The van der Waals surface area contributed by atoms with Gasteiger partial charge in [-0.3, -0.25) is 10.1 Å². The van der Waals surface area contributed by atoms with E-state index in [1.165, 1.54) is 25.7 Å². The predicted octanol–water partition coefficient (Wildman–Crippen LogP) is 2.37. The molecule has 0 aromatic carbocycles. The van der Waals surface area contributed by atoms with Crippen LogP contribution in [-0.4, -0.2) is 29.1 Å². The molecular formula is C16H26N2O. The molecule has 1 amide bonds. The summed E-state index contributed by atoms with van der Waals surface area (Å²) in [5, 5.41) is 3.64. The van der Waals surface area contributed by atoms with E-state index in [1.807, 2.05) is 0 Å². The first-order valence-corrected chi connectivity index (χ1v) is 8.18. The van der Waals surface area contributed by atoms with Gasteiger partial charge < -0.3 is 4.90 Å². The van der Waals surface area contributed by atoms with Crippen LogP contribution in [-0.2, 0) is 4.79 Å². The lowest BCUT2D eigenvalue weighted by molar-refractivity contribution is -0.132. The predicted molar refractivity (Wildman–Crippen MR) is 74.4 cm³/mol. The van der Waals surface area contributed by atoms with Crippen LogP contribution in [0.25, 0.3) is 0 Å². The molecule has 1 spiro atoms. The van der Waals surface area contributed by atoms with Gasteiger partial charge in [-0.05, 0) is 55.8 Å². The van der Waals surface area contributed by atoms with Gasteiger partial charge in [0.25, 0.3) is 0 Å². The minimum absolute atomic E-state index is 0.132. The summed E-state index contributed by atoms with van der Waals surface area (Å²) >= 11 is 0. The average Bonchev–Trinajstić information content (AvgIpc) is 2.75. The molecule has 4 rings (SSSR count). The summed E-state index contributed by atoms with van der Waals surface area (Å²) in [4.78, 5) is 14.9. The van der Waals surface area contributed by atoms with Gasteiger partial charge in [0.05, 0.1) is 11.7 Å². The van der Waals surface area contributed by atoms with Crippen molar-refractivity contribution in [3.63, 3.8) is 0 Å². The number of fused-ring (bicyclic) bond motifs is 2. The average molecular weight is 262 g/mol. The summed E-state index contributed by atoms with van der Waals surface area (Å²) in [5.41, 5.74) is -0.132. The number of carbonyl (C=O) groups excluding carboxylic acids is 1. The van der Waals surface area contributed by atoms with Crippen LogP contribution < -0.4 is 5.32 Å². The van der Waals surface area contributed by atoms with E-state index in [1.54, 1.807) is 0 Å². The van der Waals surface area contributed by atoms with Crippen LogP contribution in [0.3, 0.4) is 0 Å². The number of hydrogen-bond acceptors (Lipinski definition) is 2. The monoisotopic (exact) mass is 262 g/mol. The van der Waals surface area contributed by atoms with Crippen molar-refractivity contribution in [3.05, 3.63) is 0 Å². The van der Waals surface area contributed by atoms with Gasteiger partial charge in [0, 0.05) is 6.54 Å². The molecule has 1 saturated heterocycles. The second kappa shape index (κ2) is 3.97. The van der Waals surface area contributed by atoms with Crippen LogP contribution in [0.15, 0.2) is 0 Å². The summed E-state index contributed by atoms with van der Waals surface area (Å²) in [6, 6.07) is 0. The molecule has 2 bridgehead atoms. The topological polar surface area (TPSA) is 32.3 Å². The molecule has 1 N–H and O–H groups in total. The van der Waals surface area contributed by atoms with E-state index in [4.69, 9.17) is 0 Å². The van der Waals surface area contributed by atoms with Gasteiger partial charge in [-0.2, -0.15) is 0 Å². The second-order valence-electron chi connectivity index (χ2n) is 7.81. The molecule has 3 nitrogen and oxygen atoms in total. The molecule has 1 aliphatic heterocycles. The molecule has 106 valence electrons. The van der Waals surface area contributed by atoms with Crippen LogP contribution in [0, 0.1) is 23.7 Å². The number of nitrogens with one attached hydrogen (secondary N) is 1. The first-order valence-electron chi connectivity index (χ1n) is 8.18. The Morgan fingerprint density at radius 1 is 1.32 bits per heavy atom. The molecule has 3 aliphatic carbocycles. The van der Waals surface area contributed by atoms with E-state index < -0.39 is 0 Å². The highest BCUT2D eigenvalue weighted by Gasteiger charge is 2.60. The molecule has 1 heterocycles. The van der Waals surface area contributed by atoms with Crippen molar-refractivity contribution in [2.75, 3.05) is 6.54 Å². The Bertz CT molecular complexity index is 402. The van der Waals surface area contributed by atoms with E-state index in [2.05, 4.69) is 24.1 Å². The zero-order valence-electron chi connectivity index (χ0n) is 12.2. The van der Waals surface area contributed by atoms with Gasteiger partial charge in [0.15, 0.2) is 0 Å². The molecule has 4 atom stereocenters. The van der Waals surface area contributed by atoms with Gasteiger partial charge >= 0.3 is 0 Å². The third-order valence-electron chi connectivity index (χ3n) is 6.13. The van der Waals surface area contributed by atoms with Crippen molar-refractivity contribution in [1.82, 2.24) is 10.2 Å². The minimum atomic E-state index is -0.132. The fraction of sp³-hybridized carbons (Fsp3) is 0.938. The maximum atomic E-state index is 12.7.